The van der Waals surface area contributed by atoms with Gasteiger partial charge in [0.1, 0.15) is 0 Å². The van der Waals surface area contributed by atoms with Gasteiger partial charge in [-0.3, -0.25) is 5.10 Å². The van der Waals surface area contributed by atoms with Gasteiger partial charge in [0.05, 0.1) is 4.88 Å². The zero-order valence-electron chi connectivity index (χ0n) is 9.75. The smallest absolute Gasteiger partial charge is 0.182 e. The Hall–Kier alpha value is -1.59. The molecule has 1 N–H and O–H groups in total. The Labute approximate surface area is 113 Å². The molecule has 0 saturated carbocycles. The summed E-state index contributed by atoms with van der Waals surface area (Å²) in [5, 5.41) is 9.34. The molecule has 18 heavy (non-hydrogen) atoms. The fraction of sp³-hybridized carbons (Fsp3) is 0.0769. The lowest BCUT2D eigenvalue weighted by molar-refractivity contribution is 1.10. The van der Waals surface area contributed by atoms with Crippen molar-refractivity contribution >= 4 is 23.1 Å². The van der Waals surface area contributed by atoms with Crippen LogP contribution in [0.5, 0.6) is 0 Å². The highest BCUT2D eigenvalue weighted by Gasteiger charge is 2.11. The van der Waals surface area contributed by atoms with Crippen molar-refractivity contribution in [1.82, 2.24) is 15.2 Å². The van der Waals surface area contributed by atoms with Gasteiger partial charge in [-0.05, 0) is 29.8 Å². The van der Waals surface area contributed by atoms with Gasteiger partial charge in [0.2, 0.25) is 0 Å². The number of hydrogen-bond donors (Lipinski definition) is 1. The Morgan fingerprint density at radius 2 is 2.06 bits per heavy atom. The maximum Gasteiger partial charge on any atom is 0.182 e. The number of aromatic amines is 1. The summed E-state index contributed by atoms with van der Waals surface area (Å²) in [7, 11) is 0. The predicted molar refractivity (Wildman–Crippen MR) is 76.9 cm³/mol. The molecule has 0 spiro atoms. The molecule has 0 aliphatic carbocycles. The molecule has 0 aliphatic rings. The van der Waals surface area contributed by atoms with Crippen LogP contribution in [0, 0.1) is 0 Å². The molecule has 90 valence electrons. The maximum absolute atomic E-state index is 4.56. The van der Waals surface area contributed by atoms with Gasteiger partial charge in [0.15, 0.2) is 11.6 Å². The third-order valence-corrected chi connectivity index (χ3v) is 4.26. The molecule has 0 aliphatic heterocycles. The molecule has 3 nitrogen and oxygen atoms in total. The molecule has 3 aromatic rings. The molecule has 0 bridgehead atoms. The number of nitrogens with zero attached hydrogens (tertiary/aromatic N) is 2. The van der Waals surface area contributed by atoms with E-state index in [0.29, 0.717) is 0 Å². The lowest BCUT2D eigenvalue weighted by atomic mass is 10.2. The van der Waals surface area contributed by atoms with Crippen LogP contribution in [0.15, 0.2) is 46.7 Å². The van der Waals surface area contributed by atoms with Crippen LogP contribution >= 0.6 is 23.1 Å². The Morgan fingerprint density at radius 3 is 2.83 bits per heavy atom. The third-order valence-electron chi connectivity index (χ3n) is 2.59. The van der Waals surface area contributed by atoms with Crippen molar-refractivity contribution in [2.75, 3.05) is 6.26 Å². The van der Waals surface area contributed by atoms with Crippen molar-refractivity contribution in [2.24, 2.45) is 0 Å². The number of H-pyrrole nitrogens is 1. The number of aromatic nitrogens is 3. The molecular formula is C13H11N3S2. The van der Waals surface area contributed by atoms with E-state index in [0.717, 1.165) is 22.1 Å². The minimum absolute atomic E-state index is 0.753. The molecule has 3 rings (SSSR count). The molecule has 0 amide bonds. The van der Waals surface area contributed by atoms with E-state index in [4.69, 9.17) is 0 Å². The Kier molecular flexibility index (Phi) is 3.17. The molecular weight excluding hydrogens is 262 g/mol. The van der Waals surface area contributed by atoms with E-state index >= 15 is 0 Å². The largest absolute Gasteiger partial charge is 0.258 e. The van der Waals surface area contributed by atoms with Crippen LogP contribution in [0.4, 0.5) is 0 Å². The number of hydrogen-bond acceptors (Lipinski definition) is 4. The molecule has 0 atom stereocenters. The number of rotatable bonds is 3. The summed E-state index contributed by atoms with van der Waals surface area (Å²) >= 11 is 3.36. The van der Waals surface area contributed by atoms with Gasteiger partial charge in [0, 0.05) is 10.5 Å². The van der Waals surface area contributed by atoms with E-state index in [2.05, 4.69) is 27.5 Å². The molecule has 0 fully saturated rings. The summed E-state index contributed by atoms with van der Waals surface area (Å²) in [6.45, 7) is 0. The highest BCUT2D eigenvalue weighted by atomic mass is 32.2. The first kappa shape index (κ1) is 11.5. The SMILES string of the molecule is CSc1ccccc1-c1n[nH]c(-c2cccs2)n1. The summed E-state index contributed by atoms with van der Waals surface area (Å²) in [4.78, 5) is 6.86. The topological polar surface area (TPSA) is 41.6 Å². The van der Waals surface area contributed by atoms with Crippen LogP contribution in [0.3, 0.4) is 0 Å². The summed E-state index contributed by atoms with van der Waals surface area (Å²) < 4.78 is 0. The minimum atomic E-state index is 0.753. The van der Waals surface area contributed by atoms with E-state index in [-0.39, 0.29) is 0 Å². The van der Waals surface area contributed by atoms with Crippen LogP contribution in [0.25, 0.3) is 22.1 Å². The summed E-state index contributed by atoms with van der Waals surface area (Å²) in [6.07, 6.45) is 2.06. The van der Waals surface area contributed by atoms with Crippen LogP contribution in [0.2, 0.25) is 0 Å². The second-order valence-electron chi connectivity index (χ2n) is 3.69. The van der Waals surface area contributed by atoms with Crippen LogP contribution < -0.4 is 0 Å². The van der Waals surface area contributed by atoms with Crippen molar-refractivity contribution in [2.45, 2.75) is 4.90 Å². The fourth-order valence-electron chi connectivity index (χ4n) is 1.74. The van der Waals surface area contributed by atoms with Gasteiger partial charge >= 0.3 is 0 Å². The second-order valence-corrected chi connectivity index (χ2v) is 5.48. The van der Waals surface area contributed by atoms with Gasteiger partial charge < -0.3 is 0 Å². The average Bonchev–Trinajstić information content (AvgIpc) is 3.09. The first-order valence-electron chi connectivity index (χ1n) is 5.48. The first-order valence-corrected chi connectivity index (χ1v) is 7.58. The Balaban J connectivity index is 2.03. The van der Waals surface area contributed by atoms with Crippen LogP contribution in [-0.2, 0) is 0 Å². The van der Waals surface area contributed by atoms with E-state index in [1.807, 2.05) is 35.7 Å². The zero-order valence-corrected chi connectivity index (χ0v) is 11.4. The van der Waals surface area contributed by atoms with Gasteiger partial charge in [-0.25, -0.2) is 4.98 Å². The number of thioether (sulfide) groups is 1. The van der Waals surface area contributed by atoms with E-state index in [1.54, 1.807) is 23.1 Å². The van der Waals surface area contributed by atoms with Crippen LogP contribution in [-0.4, -0.2) is 21.4 Å². The monoisotopic (exact) mass is 273 g/mol. The van der Waals surface area contributed by atoms with Crippen molar-refractivity contribution in [3.8, 4) is 22.1 Å². The number of thiophene rings is 1. The second kappa shape index (κ2) is 4.96. The number of benzene rings is 1. The van der Waals surface area contributed by atoms with Crippen molar-refractivity contribution in [3.63, 3.8) is 0 Å². The minimum Gasteiger partial charge on any atom is -0.258 e. The summed E-state index contributed by atoms with van der Waals surface area (Å²) in [5.74, 6) is 1.58. The quantitative estimate of drug-likeness (QED) is 0.735. The van der Waals surface area contributed by atoms with Gasteiger partial charge in [-0.2, -0.15) is 5.10 Å². The standard InChI is InChI=1S/C13H11N3S2/c1-17-10-6-3-2-5-9(10)12-14-13(16-15-12)11-7-4-8-18-11/h2-8H,1H3,(H,14,15,16). The molecule has 5 heteroatoms. The Morgan fingerprint density at radius 1 is 1.17 bits per heavy atom. The maximum atomic E-state index is 4.56. The zero-order chi connectivity index (χ0) is 12.4. The van der Waals surface area contributed by atoms with Crippen molar-refractivity contribution in [1.29, 1.82) is 0 Å². The molecule has 0 radical (unpaired) electrons. The lowest BCUT2D eigenvalue weighted by Crippen LogP contribution is -1.83. The summed E-state index contributed by atoms with van der Waals surface area (Å²) in [5.41, 5.74) is 1.07. The van der Waals surface area contributed by atoms with E-state index in [1.165, 1.54) is 4.90 Å². The molecule has 0 saturated heterocycles. The highest BCUT2D eigenvalue weighted by molar-refractivity contribution is 7.98. The first-order chi connectivity index (χ1) is 8.88. The Bertz CT molecular complexity index is 644. The van der Waals surface area contributed by atoms with Gasteiger partial charge in [-0.1, -0.05) is 18.2 Å². The number of nitrogens with one attached hydrogen (secondary N) is 1. The highest BCUT2D eigenvalue weighted by Crippen LogP contribution is 2.29. The average molecular weight is 273 g/mol. The van der Waals surface area contributed by atoms with Crippen molar-refractivity contribution < 1.29 is 0 Å². The van der Waals surface area contributed by atoms with E-state index in [9.17, 15) is 0 Å². The summed E-state index contributed by atoms with van der Waals surface area (Å²) in [6, 6.07) is 12.2. The fourth-order valence-corrected chi connectivity index (χ4v) is 2.99. The molecule has 2 heterocycles. The van der Waals surface area contributed by atoms with Crippen molar-refractivity contribution in [3.05, 3.63) is 41.8 Å². The third kappa shape index (κ3) is 2.07. The molecule has 2 aromatic heterocycles. The molecule has 0 unspecified atom stereocenters. The van der Waals surface area contributed by atoms with E-state index < -0.39 is 0 Å². The lowest BCUT2D eigenvalue weighted by Gasteiger charge is -2.01. The van der Waals surface area contributed by atoms with Crippen LogP contribution in [0.1, 0.15) is 0 Å². The molecule has 1 aromatic carbocycles. The van der Waals surface area contributed by atoms with Gasteiger partial charge in [0.25, 0.3) is 0 Å². The predicted octanol–water partition coefficient (Wildman–Crippen LogP) is 3.92. The normalized spacial score (nSPS) is 10.7. The van der Waals surface area contributed by atoms with Gasteiger partial charge in [-0.15, -0.1) is 23.1 Å².